The Morgan fingerprint density at radius 2 is 1.97 bits per heavy atom. The molecule has 1 amide bonds. The van der Waals surface area contributed by atoms with Crippen molar-refractivity contribution >= 4 is 16.7 Å². The molecule has 0 saturated carbocycles. The van der Waals surface area contributed by atoms with Crippen LogP contribution in [0.5, 0.6) is 0 Å². The first kappa shape index (κ1) is 20.5. The van der Waals surface area contributed by atoms with Crippen molar-refractivity contribution in [1.29, 1.82) is 0 Å². The van der Waals surface area contributed by atoms with Gasteiger partial charge in [0.2, 0.25) is 0 Å². The molecule has 0 radical (unpaired) electrons. The molecule has 0 bridgehead atoms. The van der Waals surface area contributed by atoms with Gasteiger partial charge in [-0.05, 0) is 54.5 Å². The van der Waals surface area contributed by atoms with E-state index in [2.05, 4.69) is 17.6 Å². The van der Waals surface area contributed by atoms with Gasteiger partial charge in [-0.1, -0.05) is 42.5 Å². The summed E-state index contributed by atoms with van der Waals surface area (Å²) >= 11 is 0. The molecule has 30 heavy (non-hydrogen) atoms. The number of carbonyl (C=O) groups is 1. The van der Waals surface area contributed by atoms with Gasteiger partial charge in [0.15, 0.2) is 0 Å². The monoisotopic (exact) mass is 406 g/mol. The van der Waals surface area contributed by atoms with Crippen molar-refractivity contribution in [3.63, 3.8) is 0 Å². The molecule has 1 aliphatic heterocycles. The number of carbonyl (C=O) groups excluding carboxylic acids is 1. The fourth-order valence-electron chi connectivity index (χ4n) is 3.98. The van der Waals surface area contributed by atoms with Gasteiger partial charge in [-0.15, -0.1) is 0 Å². The third-order valence-corrected chi connectivity index (χ3v) is 5.69. The summed E-state index contributed by atoms with van der Waals surface area (Å²) in [6, 6.07) is 18.6. The van der Waals surface area contributed by atoms with Crippen LogP contribution in [0, 0.1) is 5.82 Å². The highest BCUT2D eigenvalue weighted by molar-refractivity contribution is 5.94. The van der Waals surface area contributed by atoms with Crippen molar-refractivity contribution in [3.05, 3.63) is 83.2 Å². The minimum atomic E-state index is -0.205. The Labute approximate surface area is 176 Å². The number of hydrogen-bond acceptors (Lipinski definition) is 3. The molecule has 0 aromatic heterocycles. The predicted octanol–water partition coefficient (Wildman–Crippen LogP) is 4.74. The summed E-state index contributed by atoms with van der Waals surface area (Å²) in [6.07, 6.45) is 2.19. The second kappa shape index (κ2) is 9.37. The van der Waals surface area contributed by atoms with Gasteiger partial charge in [-0.3, -0.25) is 4.79 Å². The maximum atomic E-state index is 14.1. The molecule has 2 unspecified atom stereocenters. The highest BCUT2D eigenvalue weighted by Crippen LogP contribution is 2.26. The number of halogens is 1. The lowest BCUT2D eigenvalue weighted by atomic mass is 9.99. The normalized spacial score (nSPS) is 17.2. The molecule has 2 N–H and O–H groups in total. The average Bonchev–Trinajstić information content (AvgIpc) is 3.30. The molecule has 0 aliphatic carbocycles. The van der Waals surface area contributed by atoms with Crippen molar-refractivity contribution in [2.45, 2.75) is 38.5 Å². The first-order valence-corrected chi connectivity index (χ1v) is 10.5. The van der Waals surface area contributed by atoms with Gasteiger partial charge in [0.25, 0.3) is 5.91 Å². The first-order valence-electron chi connectivity index (χ1n) is 10.5. The van der Waals surface area contributed by atoms with E-state index in [4.69, 9.17) is 4.74 Å². The summed E-state index contributed by atoms with van der Waals surface area (Å²) in [5.74, 6) is -0.284. The van der Waals surface area contributed by atoms with Crippen LogP contribution < -0.4 is 10.6 Å². The molecular weight excluding hydrogens is 379 g/mol. The molecule has 3 aromatic carbocycles. The second-order valence-electron chi connectivity index (χ2n) is 7.83. The van der Waals surface area contributed by atoms with Crippen molar-refractivity contribution < 1.29 is 13.9 Å². The molecule has 1 fully saturated rings. The summed E-state index contributed by atoms with van der Waals surface area (Å²) in [5.41, 5.74) is 2.72. The summed E-state index contributed by atoms with van der Waals surface area (Å²) in [4.78, 5) is 12.5. The summed E-state index contributed by atoms with van der Waals surface area (Å²) in [7, 11) is 0. The molecule has 1 saturated heterocycles. The molecule has 5 heteroatoms. The highest BCUT2D eigenvalue weighted by atomic mass is 19.1. The zero-order valence-corrected chi connectivity index (χ0v) is 17.2. The summed E-state index contributed by atoms with van der Waals surface area (Å²) in [5, 5.41) is 8.01. The van der Waals surface area contributed by atoms with Gasteiger partial charge in [0.1, 0.15) is 5.82 Å². The van der Waals surface area contributed by atoms with Gasteiger partial charge in [0.05, 0.1) is 6.10 Å². The number of rotatable bonds is 7. The first-order chi connectivity index (χ1) is 14.6. The number of amides is 1. The average molecular weight is 407 g/mol. The topological polar surface area (TPSA) is 50.4 Å². The van der Waals surface area contributed by atoms with Gasteiger partial charge in [-0.2, -0.15) is 0 Å². The smallest absolute Gasteiger partial charge is 0.251 e. The van der Waals surface area contributed by atoms with Crippen molar-refractivity contribution in [1.82, 2.24) is 10.6 Å². The molecule has 1 aliphatic rings. The molecule has 3 aromatic rings. The van der Waals surface area contributed by atoms with Crippen molar-refractivity contribution in [3.8, 4) is 0 Å². The molecule has 156 valence electrons. The Morgan fingerprint density at radius 1 is 1.13 bits per heavy atom. The van der Waals surface area contributed by atoms with Gasteiger partial charge in [-0.25, -0.2) is 4.39 Å². The minimum Gasteiger partial charge on any atom is -0.376 e. The zero-order chi connectivity index (χ0) is 20.9. The van der Waals surface area contributed by atoms with E-state index in [0.717, 1.165) is 36.0 Å². The number of nitrogens with one attached hydrogen (secondary N) is 2. The van der Waals surface area contributed by atoms with E-state index in [0.29, 0.717) is 24.0 Å². The molecule has 2 atom stereocenters. The SMILES string of the molecule is CC(NCc1cccc(C(=O)NCC2CCCO2)c1)c1ccc(F)c2ccccc12. The highest BCUT2D eigenvalue weighted by Gasteiger charge is 2.17. The lowest BCUT2D eigenvalue weighted by Gasteiger charge is -2.17. The van der Waals surface area contributed by atoms with Crippen LogP contribution in [0.4, 0.5) is 4.39 Å². The summed E-state index contributed by atoms with van der Waals surface area (Å²) in [6.45, 7) is 4.01. The Bertz CT molecular complexity index is 1030. The number of fused-ring (bicyclic) bond motifs is 1. The van der Waals surface area contributed by atoms with E-state index in [9.17, 15) is 9.18 Å². The summed E-state index contributed by atoms with van der Waals surface area (Å²) < 4.78 is 19.7. The number of ether oxygens (including phenoxy) is 1. The molecule has 4 rings (SSSR count). The fraction of sp³-hybridized carbons (Fsp3) is 0.320. The van der Waals surface area contributed by atoms with Crippen LogP contribution in [-0.2, 0) is 11.3 Å². The standard InChI is InChI=1S/C25H27FN2O2/c1-17(21-11-12-24(26)23-10-3-2-9-22(21)23)27-15-18-6-4-7-19(14-18)25(29)28-16-20-8-5-13-30-20/h2-4,6-7,9-12,14,17,20,27H,5,8,13,15-16H2,1H3,(H,28,29). The van der Waals surface area contributed by atoms with Crippen LogP contribution >= 0.6 is 0 Å². The predicted molar refractivity (Wildman–Crippen MR) is 117 cm³/mol. The quantitative estimate of drug-likeness (QED) is 0.596. The van der Waals surface area contributed by atoms with E-state index < -0.39 is 0 Å². The van der Waals surface area contributed by atoms with Crippen LogP contribution in [0.1, 0.15) is 47.3 Å². The minimum absolute atomic E-state index is 0.0347. The molecule has 4 nitrogen and oxygen atoms in total. The number of benzene rings is 3. The van der Waals surface area contributed by atoms with E-state index in [-0.39, 0.29) is 23.9 Å². The van der Waals surface area contributed by atoms with E-state index in [1.165, 1.54) is 6.07 Å². The van der Waals surface area contributed by atoms with Crippen LogP contribution in [0.3, 0.4) is 0 Å². The van der Waals surface area contributed by atoms with Gasteiger partial charge in [0, 0.05) is 36.7 Å². The molecule has 0 spiro atoms. The van der Waals surface area contributed by atoms with E-state index >= 15 is 0 Å². The van der Waals surface area contributed by atoms with Crippen LogP contribution in [0.2, 0.25) is 0 Å². The molecule has 1 heterocycles. The van der Waals surface area contributed by atoms with Crippen molar-refractivity contribution in [2.75, 3.05) is 13.2 Å². The third kappa shape index (κ3) is 4.69. The van der Waals surface area contributed by atoms with Crippen LogP contribution in [0.25, 0.3) is 10.8 Å². The lowest BCUT2D eigenvalue weighted by molar-refractivity contribution is 0.0857. The fourth-order valence-corrected chi connectivity index (χ4v) is 3.98. The van der Waals surface area contributed by atoms with Crippen molar-refractivity contribution in [2.24, 2.45) is 0 Å². The number of hydrogen-bond donors (Lipinski definition) is 2. The zero-order valence-electron chi connectivity index (χ0n) is 17.2. The largest absolute Gasteiger partial charge is 0.376 e. The van der Waals surface area contributed by atoms with E-state index in [1.54, 1.807) is 6.07 Å². The lowest BCUT2D eigenvalue weighted by Crippen LogP contribution is -2.31. The maximum Gasteiger partial charge on any atom is 0.251 e. The third-order valence-electron chi connectivity index (χ3n) is 5.69. The molecular formula is C25H27FN2O2. The Balaban J connectivity index is 1.40. The van der Waals surface area contributed by atoms with E-state index in [1.807, 2.05) is 48.5 Å². The van der Waals surface area contributed by atoms with Crippen LogP contribution in [0.15, 0.2) is 60.7 Å². The Kier molecular flexibility index (Phi) is 6.41. The Hall–Kier alpha value is -2.76. The van der Waals surface area contributed by atoms with Gasteiger partial charge < -0.3 is 15.4 Å². The van der Waals surface area contributed by atoms with Gasteiger partial charge >= 0.3 is 0 Å². The maximum absolute atomic E-state index is 14.1. The second-order valence-corrected chi connectivity index (χ2v) is 7.83. The van der Waals surface area contributed by atoms with Crippen LogP contribution in [-0.4, -0.2) is 25.2 Å². The Morgan fingerprint density at radius 3 is 2.77 bits per heavy atom.